The molecule has 0 bridgehead atoms. The van der Waals surface area contributed by atoms with Crippen molar-refractivity contribution < 1.29 is 24.0 Å². The molecule has 4 rings (SSSR count). The molecule has 2 aliphatic rings. The van der Waals surface area contributed by atoms with Crippen molar-refractivity contribution in [3.05, 3.63) is 101 Å². The second-order valence-corrected chi connectivity index (χ2v) is 18.6. The lowest BCUT2D eigenvalue weighted by Gasteiger charge is -2.24. The summed E-state index contributed by atoms with van der Waals surface area (Å²) >= 11 is 0. The number of hydrogen-bond donors (Lipinski definition) is 1. The van der Waals surface area contributed by atoms with Crippen LogP contribution in [0.25, 0.3) is 0 Å². The molecule has 1 aromatic carbocycles. The summed E-state index contributed by atoms with van der Waals surface area (Å²) in [5.41, 5.74) is 9.55. The Morgan fingerprint density at radius 2 is 1.35 bits per heavy atom. The summed E-state index contributed by atoms with van der Waals surface area (Å²) in [6, 6.07) is 8.68. The molecule has 1 N–H and O–H groups in total. The quantitative estimate of drug-likeness (QED) is 0.0315. The van der Waals surface area contributed by atoms with Crippen LogP contribution in [0.1, 0.15) is 246 Å². The number of rotatable bonds is 17. The number of nitrogens with one attached hydrogen (secondary N) is 1. The highest BCUT2D eigenvalue weighted by atomic mass is 16.2. The molecule has 428 valence electrons. The van der Waals surface area contributed by atoms with Gasteiger partial charge in [0.2, 0.25) is 11.8 Å². The number of ketones is 2. The third-order valence-corrected chi connectivity index (χ3v) is 11.4. The second kappa shape index (κ2) is 52.2. The molecule has 2 aromatic rings. The van der Waals surface area contributed by atoms with Crippen molar-refractivity contribution >= 4 is 46.9 Å². The van der Waals surface area contributed by atoms with Gasteiger partial charge in [0.05, 0.1) is 0 Å². The maximum Gasteiger partial charge on any atom is 0.229 e. The zero-order valence-corrected chi connectivity index (χ0v) is 52.1. The van der Waals surface area contributed by atoms with E-state index in [1.165, 1.54) is 69.6 Å². The first-order chi connectivity index (χ1) is 35.6. The molecular weight excluding hydrogens is 931 g/mol. The number of nitrogens with zero attached hydrogens (tertiary/aromatic N) is 4. The Hall–Kier alpha value is -5.25. The number of allylic oxidation sites excluding steroid dienone is 6. The van der Waals surface area contributed by atoms with Gasteiger partial charge in [-0.1, -0.05) is 151 Å². The maximum atomic E-state index is 11.9. The van der Waals surface area contributed by atoms with Gasteiger partial charge in [-0.15, -0.1) is 6.58 Å². The van der Waals surface area contributed by atoms with E-state index in [1.54, 1.807) is 27.0 Å². The molecular formula is C65H113N5O5. The van der Waals surface area contributed by atoms with Crippen molar-refractivity contribution in [2.45, 2.75) is 234 Å². The molecule has 2 aliphatic heterocycles. The smallest absolute Gasteiger partial charge is 0.229 e. The lowest BCUT2D eigenvalue weighted by atomic mass is 9.99. The van der Waals surface area contributed by atoms with E-state index < -0.39 is 0 Å². The summed E-state index contributed by atoms with van der Waals surface area (Å²) in [6.45, 7) is 50.4. The molecule has 2 fully saturated rings. The minimum absolute atomic E-state index is 0.0164. The fraction of sp³-hybridized carbons (Fsp3) is 0.615. The van der Waals surface area contributed by atoms with E-state index in [9.17, 15) is 19.2 Å². The molecule has 0 saturated carbocycles. The Balaban J connectivity index is -0.000000268. The molecule has 0 aliphatic carbocycles. The number of unbranched alkanes of at least 4 members (excludes halogenated alkanes) is 4. The fourth-order valence-electron chi connectivity index (χ4n) is 7.31. The number of amides is 2. The predicted octanol–water partition coefficient (Wildman–Crippen LogP) is 17.3. The molecule has 0 radical (unpaired) electrons. The molecule has 2 unspecified atom stereocenters. The minimum atomic E-state index is -0.141. The number of aryl methyl sites for hydroxylation is 2. The second-order valence-electron chi connectivity index (χ2n) is 18.6. The molecule has 10 heteroatoms. The van der Waals surface area contributed by atoms with Gasteiger partial charge in [-0.25, -0.2) is 4.98 Å². The first-order valence-corrected chi connectivity index (χ1v) is 28.5. The van der Waals surface area contributed by atoms with Crippen LogP contribution in [0.5, 0.6) is 0 Å². The Bertz CT molecular complexity index is 1950. The van der Waals surface area contributed by atoms with E-state index in [0.29, 0.717) is 18.9 Å². The first kappa shape index (κ1) is 78.6. The predicted molar refractivity (Wildman–Crippen MR) is 331 cm³/mol. The third kappa shape index (κ3) is 38.9. The number of carbonyl (C=O) groups excluding carboxylic acids is 5. The van der Waals surface area contributed by atoms with E-state index in [2.05, 4.69) is 108 Å². The standard InChI is InChI=1S/C16H24N2O.C15H23NO.C11H17N.C7H16.C6H9NO2.C3H8.C3H6.C2H4O.C2H6/c1-5-13-14(12(4)19)10-16(17-15(13)6-2)18-9-7-8-11(18)3;1-5-9-16(10-6-2)14-7-8-15(13(4)17)12(3)11-14;1-9(2)7-6-8-10(3)11(4)12-5;1-3-5-7-6-4-2;1-4-2-3-5(8)7-6(4)9;2*1-3-2;1-2-3;1-2/h10-11H,5-9H2,1-4H3;7-8,11H,5-6,9-10H2,1-4H3;6-8H,1H2,2-5H3;3-7H2,1-2H3;4H,2-3H2,1H3,(H,7,8,9);3H2,1-2H3;3H,1H2,2H3;2H,1H3;1-2H3/b;;7-6-,10-8+,12-11?;;;;;;. The van der Waals surface area contributed by atoms with Gasteiger partial charge in [0.15, 0.2) is 11.6 Å². The highest BCUT2D eigenvalue weighted by molar-refractivity contribution is 5.99. The van der Waals surface area contributed by atoms with Crippen molar-refractivity contribution in [1.82, 2.24) is 10.3 Å². The fourth-order valence-corrected chi connectivity index (χ4v) is 7.31. The van der Waals surface area contributed by atoms with Crippen LogP contribution in [0.4, 0.5) is 11.5 Å². The van der Waals surface area contributed by atoms with Crippen molar-refractivity contribution in [3.8, 4) is 0 Å². The molecule has 1 aromatic heterocycles. The van der Waals surface area contributed by atoms with Gasteiger partial charge >= 0.3 is 0 Å². The van der Waals surface area contributed by atoms with Crippen LogP contribution in [0.2, 0.25) is 0 Å². The number of benzene rings is 1. The molecule has 0 spiro atoms. The van der Waals surface area contributed by atoms with E-state index >= 15 is 0 Å². The van der Waals surface area contributed by atoms with E-state index in [0.717, 1.165) is 96.7 Å². The SMILES string of the molecule is C=C(C)/C=C\C=C(/C)C(C)=NC.C=CC.CC.CC1CCC(=O)NC1=O.CC=O.CCC.CCCCCCC.CCCN(CCC)c1ccc(C(C)=O)c(C)c1.CCc1nc(N2CCCC2C)cc(C(C)=O)c1CC. The Morgan fingerprint density at radius 1 is 0.827 bits per heavy atom. The summed E-state index contributed by atoms with van der Waals surface area (Å²) in [4.78, 5) is 66.9. The maximum absolute atomic E-state index is 11.9. The largest absolute Gasteiger partial charge is 0.372 e. The van der Waals surface area contributed by atoms with Gasteiger partial charge in [0.1, 0.15) is 12.1 Å². The van der Waals surface area contributed by atoms with E-state index in [-0.39, 0.29) is 29.3 Å². The number of piperidine rings is 1. The molecule has 10 nitrogen and oxygen atoms in total. The number of pyridine rings is 1. The summed E-state index contributed by atoms with van der Waals surface area (Å²) in [5.74, 6) is 1.03. The van der Waals surface area contributed by atoms with Gasteiger partial charge in [-0.05, 0) is 148 Å². The summed E-state index contributed by atoms with van der Waals surface area (Å²) in [7, 11) is 1.80. The van der Waals surface area contributed by atoms with Crippen LogP contribution in [-0.4, -0.2) is 73.1 Å². The van der Waals surface area contributed by atoms with Crippen molar-refractivity contribution in [2.24, 2.45) is 10.9 Å². The van der Waals surface area contributed by atoms with Gasteiger partial charge < -0.3 is 14.6 Å². The zero-order chi connectivity index (χ0) is 58.9. The lowest BCUT2D eigenvalue weighted by molar-refractivity contribution is -0.135. The number of carbonyl (C=O) groups is 5. The van der Waals surface area contributed by atoms with Gasteiger partial charge in [0, 0.05) is 73.3 Å². The minimum Gasteiger partial charge on any atom is -0.372 e. The summed E-state index contributed by atoms with van der Waals surface area (Å²) in [5, 5.41) is 2.25. The van der Waals surface area contributed by atoms with E-state index in [4.69, 9.17) is 9.78 Å². The number of aliphatic imine (C=N–C) groups is 1. The van der Waals surface area contributed by atoms with E-state index in [1.807, 2.05) is 85.8 Å². The number of anilines is 2. The molecule has 3 heterocycles. The van der Waals surface area contributed by atoms with Crippen molar-refractivity contribution in [2.75, 3.05) is 36.5 Å². The normalized spacial score (nSPS) is 14.3. The number of aldehydes is 1. The van der Waals surface area contributed by atoms with Crippen LogP contribution in [0, 0.1) is 12.8 Å². The number of hydrogen-bond acceptors (Lipinski definition) is 9. The lowest BCUT2D eigenvalue weighted by Crippen LogP contribution is -2.39. The van der Waals surface area contributed by atoms with Gasteiger partial charge in [-0.3, -0.25) is 29.5 Å². The number of aromatic nitrogens is 1. The van der Waals surface area contributed by atoms with Crippen molar-refractivity contribution in [1.29, 1.82) is 0 Å². The summed E-state index contributed by atoms with van der Waals surface area (Å²) < 4.78 is 0. The molecule has 2 amide bonds. The topological polar surface area (TPSA) is 129 Å². The monoisotopic (exact) mass is 1040 g/mol. The first-order valence-electron chi connectivity index (χ1n) is 28.5. The van der Waals surface area contributed by atoms with Gasteiger partial charge in [-0.2, -0.15) is 0 Å². The van der Waals surface area contributed by atoms with Crippen LogP contribution >= 0.6 is 0 Å². The van der Waals surface area contributed by atoms with Crippen molar-refractivity contribution in [3.63, 3.8) is 0 Å². The average molecular weight is 1040 g/mol. The zero-order valence-electron chi connectivity index (χ0n) is 52.1. The molecule has 2 atom stereocenters. The average Bonchev–Trinajstić information content (AvgIpc) is 3.81. The Labute approximate surface area is 461 Å². The van der Waals surface area contributed by atoms with Crippen LogP contribution in [0.3, 0.4) is 0 Å². The van der Waals surface area contributed by atoms with Gasteiger partial charge in [0.25, 0.3) is 0 Å². The molecule has 2 saturated heterocycles. The molecule has 75 heavy (non-hydrogen) atoms. The third-order valence-electron chi connectivity index (χ3n) is 11.4. The highest BCUT2D eigenvalue weighted by Gasteiger charge is 2.24. The van der Waals surface area contributed by atoms with Crippen LogP contribution < -0.4 is 15.1 Å². The van der Waals surface area contributed by atoms with Crippen LogP contribution in [0.15, 0.2) is 77.9 Å². The number of imide groups is 1. The summed E-state index contributed by atoms with van der Waals surface area (Å²) in [6.07, 6.45) is 24.5. The van der Waals surface area contributed by atoms with Crippen LogP contribution in [-0.2, 0) is 27.2 Å². The number of Topliss-reactive ketones (excluding diaryl/α,β-unsaturated/α-hetero) is 2. The Kier molecular flexibility index (Phi) is 54.7. The Morgan fingerprint density at radius 3 is 1.71 bits per heavy atom. The highest BCUT2D eigenvalue weighted by Crippen LogP contribution is 2.28.